The lowest BCUT2D eigenvalue weighted by Crippen LogP contribution is -2.23. The minimum atomic E-state index is -0.0650. The first kappa shape index (κ1) is 17.9. The van der Waals surface area contributed by atoms with E-state index in [1.165, 1.54) is 0 Å². The highest BCUT2D eigenvalue weighted by Gasteiger charge is 2.17. The normalized spacial score (nSPS) is 10.8. The molecule has 2 aromatic rings. The second kappa shape index (κ2) is 7.43. The molecule has 0 aliphatic heterocycles. The number of benzene rings is 1. The Kier molecular flexibility index (Phi) is 5.54. The fourth-order valence-corrected chi connectivity index (χ4v) is 3.07. The summed E-state index contributed by atoms with van der Waals surface area (Å²) in [4.78, 5) is 12.5. The minimum Gasteiger partial charge on any atom is -0.493 e. The summed E-state index contributed by atoms with van der Waals surface area (Å²) in [6.07, 6.45) is 0. The van der Waals surface area contributed by atoms with Gasteiger partial charge < -0.3 is 19.4 Å². The zero-order valence-corrected chi connectivity index (χ0v) is 15.3. The van der Waals surface area contributed by atoms with Crippen LogP contribution in [-0.2, 0) is 6.54 Å². The van der Waals surface area contributed by atoms with E-state index in [2.05, 4.69) is 23.7 Å². The number of methoxy groups -OCH3 is 2. The monoisotopic (exact) mass is 330 g/mol. The molecule has 1 amide bonds. The Hall–Kier alpha value is -2.43. The molecule has 1 N–H and O–H groups in total. The van der Waals surface area contributed by atoms with Crippen molar-refractivity contribution in [2.45, 2.75) is 40.3 Å². The van der Waals surface area contributed by atoms with Crippen LogP contribution >= 0.6 is 0 Å². The average Bonchev–Trinajstić information content (AvgIpc) is 2.86. The third kappa shape index (κ3) is 3.55. The Balaban J connectivity index is 2.13. The lowest BCUT2D eigenvalue weighted by atomic mass is 10.2. The number of nitrogens with zero attached hydrogens (tertiary/aromatic N) is 1. The zero-order valence-electron chi connectivity index (χ0n) is 15.3. The van der Waals surface area contributed by atoms with Crippen molar-refractivity contribution in [1.29, 1.82) is 0 Å². The standard InChI is InChI=1S/C19H26N2O3/c1-12(2)21-13(3)9-16(14(21)4)19(22)20-11-15-7-8-17(23-5)18(10-15)24-6/h7-10,12H,11H2,1-6H3,(H,20,22). The lowest BCUT2D eigenvalue weighted by Gasteiger charge is -2.14. The van der Waals surface area contributed by atoms with Crippen LogP contribution in [0.2, 0.25) is 0 Å². The molecule has 0 aliphatic carbocycles. The van der Waals surface area contributed by atoms with E-state index in [1.54, 1.807) is 14.2 Å². The number of hydrogen-bond acceptors (Lipinski definition) is 3. The molecule has 0 spiro atoms. The third-order valence-electron chi connectivity index (χ3n) is 4.15. The van der Waals surface area contributed by atoms with Gasteiger partial charge in [-0.3, -0.25) is 4.79 Å². The van der Waals surface area contributed by atoms with Crippen molar-refractivity contribution in [3.05, 3.63) is 46.8 Å². The van der Waals surface area contributed by atoms with Gasteiger partial charge in [-0.25, -0.2) is 0 Å². The molecule has 1 aromatic heterocycles. The van der Waals surface area contributed by atoms with Crippen LogP contribution in [0.4, 0.5) is 0 Å². The number of nitrogens with one attached hydrogen (secondary N) is 1. The van der Waals surface area contributed by atoms with Crippen molar-refractivity contribution in [2.24, 2.45) is 0 Å². The highest BCUT2D eigenvalue weighted by atomic mass is 16.5. The van der Waals surface area contributed by atoms with Gasteiger partial charge in [-0.2, -0.15) is 0 Å². The molecule has 5 nitrogen and oxygen atoms in total. The molecule has 0 unspecified atom stereocenters. The Morgan fingerprint density at radius 2 is 1.79 bits per heavy atom. The maximum Gasteiger partial charge on any atom is 0.253 e. The summed E-state index contributed by atoms with van der Waals surface area (Å²) in [5.41, 5.74) is 3.77. The van der Waals surface area contributed by atoms with E-state index < -0.39 is 0 Å². The van der Waals surface area contributed by atoms with Crippen LogP contribution in [0.25, 0.3) is 0 Å². The molecule has 0 bridgehead atoms. The van der Waals surface area contributed by atoms with E-state index in [0.717, 1.165) is 22.5 Å². The summed E-state index contributed by atoms with van der Waals surface area (Å²) in [6.45, 7) is 8.68. The molecule has 0 radical (unpaired) electrons. The molecular formula is C19H26N2O3. The summed E-state index contributed by atoms with van der Waals surface area (Å²) < 4.78 is 12.7. The van der Waals surface area contributed by atoms with Gasteiger partial charge in [0.25, 0.3) is 5.91 Å². The second-order valence-electron chi connectivity index (χ2n) is 6.12. The molecule has 24 heavy (non-hydrogen) atoms. The number of amides is 1. The first-order valence-corrected chi connectivity index (χ1v) is 8.06. The highest BCUT2D eigenvalue weighted by Crippen LogP contribution is 2.27. The molecule has 0 atom stereocenters. The van der Waals surface area contributed by atoms with Gasteiger partial charge in [0.1, 0.15) is 0 Å². The van der Waals surface area contributed by atoms with Gasteiger partial charge >= 0.3 is 0 Å². The molecule has 1 heterocycles. The highest BCUT2D eigenvalue weighted by molar-refractivity contribution is 5.95. The van der Waals surface area contributed by atoms with Gasteiger partial charge in [-0.1, -0.05) is 6.07 Å². The Morgan fingerprint density at radius 1 is 1.12 bits per heavy atom. The largest absolute Gasteiger partial charge is 0.493 e. The SMILES string of the molecule is COc1ccc(CNC(=O)c2cc(C)n(C(C)C)c2C)cc1OC. The van der Waals surface area contributed by atoms with Gasteiger partial charge in [-0.15, -0.1) is 0 Å². The molecule has 0 fully saturated rings. The van der Waals surface area contributed by atoms with Gasteiger partial charge in [0.15, 0.2) is 11.5 Å². The number of rotatable bonds is 6. The van der Waals surface area contributed by atoms with E-state index in [9.17, 15) is 4.79 Å². The number of hydrogen-bond donors (Lipinski definition) is 1. The summed E-state index contributed by atoms with van der Waals surface area (Å²) in [5.74, 6) is 1.26. The molecule has 1 aromatic carbocycles. The maximum absolute atomic E-state index is 12.5. The van der Waals surface area contributed by atoms with Crippen molar-refractivity contribution in [3.8, 4) is 11.5 Å². The third-order valence-corrected chi connectivity index (χ3v) is 4.15. The van der Waals surface area contributed by atoms with Crippen molar-refractivity contribution >= 4 is 5.91 Å². The number of carbonyl (C=O) groups is 1. The number of aryl methyl sites for hydroxylation is 1. The predicted octanol–water partition coefficient (Wildman–Crippen LogP) is 3.63. The van der Waals surface area contributed by atoms with Crippen molar-refractivity contribution in [2.75, 3.05) is 14.2 Å². The summed E-state index contributed by atoms with van der Waals surface area (Å²) in [6, 6.07) is 7.90. The number of carbonyl (C=O) groups excluding carboxylic acids is 1. The van der Waals surface area contributed by atoms with Crippen LogP contribution in [0.5, 0.6) is 11.5 Å². The average molecular weight is 330 g/mol. The second-order valence-corrected chi connectivity index (χ2v) is 6.12. The first-order chi connectivity index (χ1) is 11.4. The van der Waals surface area contributed by atoms with E-state index in [4.69, 9.17) is 9.47 Å². The molecule has 130 valence electrons. The molecule has 0 saturated carbocycles. The minimum absolute atomic E-state index is 0.0650. The summed E-state index contributed by atoms with van der Waals surface area (Å²) in [5, 5.41) is 2.98. The fourth-order valence-electron chi connectivity index (χ4n) is 3.07. The van der Waals surface area contributed by atoms with E-state index >= 15 is 0 Å². The van der Waals surface area contributed by atoms with Crippen molar-refractivity contribution < 1.29 is 14.3 Å². The van der Waals surface area contributed by atoms with Gasteiger partial charge in [-0.05, 0) is 51.5 Å². The quantitative estimate of drug-likeness (QED) is 0.880. The smallest absolute Gasteiger partial charge is 0.253 e. The predicted molar refractivity (Wildman–Crippen MR) is 95.0 cm³/mol. The van der Waals surface area contributed by atoms with Crippen LogP contribution in [0.15, 0.2) is 24.3 Å². The zero-order chi connectivity index (χ0) is 17.9. The number of ether oxygens (including phenoxy) is 2. The lowest BCUT2D eigenvalue weighted by molar-refractivity contribution is 0.0950. The first-order valence-electron chi connectivity index (χ1n) is 8.06. The van der Waals surface area contributed by atoms with Crippen LogP contribution in [0.3, 0.4) is 0 Å². The Morgan fingerprint density at radius 3 is 2.33 bits per heavy atom. The van der Waals surface area contributed by atoms with Crippen LogP contribution < -0.4 is 14.8 Å². The fraction of sp³-hybridized carbons (Fsp3) is 0.421. The van der Waals surface area contributed by atoms with Crippen LogP contribution in [0.1, 0.15) is 47.2 Å². The molecule has 0 aliphatic rings. The summed E-state index contributed by atoms with van der Waals surface area (Å²) in [7, 11) is 3.20. The maximum atomic E-state index is 12.5. The Bertz CT molecular complexity index is 732. The topological polar surface area (TPSA) is 52.5 Å². The van der Waals surface area contributed by atoms with Crippen molar-refractivity contribution in [1.82, 2.24) is 9.88 Å². The van der Waals surface area contributed by atoms with E-state index in [-0.39, 0.29) is 5.91 Å². The Labute approximate surface area is 143 Å². The molecule has 5 heteroatoms. The van der Waals surface area contributed by atoms with E-state index in [1.807, 2.05) is 38.1 Å². The molecule has 2 rings (SSSR count). The van der Waals surface area contributed by atoms with Crippen LogP contribution in [0, 0.1) is 13.8 Å². The van der Waals surface area contributed by atoms with Gasteiger partial charge in [0.2, 0.25) is 0 Å². The molecule has 0 saturated heterocycles. The van der Waals surface area contributed by atoms with Gasteiger partial charge in [0.05, 0.1) is 19.8 Å². The van der Waals surface area contributed by atoms with E-state index in [0.29, 0.717) is 24.1 Å². The number of aromatic nitrogens is 1. The van der Waals surface area contributed by atoms with Crippen molar-refractivity contribution in [3.63, 3.8) is 0 Å². The van der Waals surface area contributed by atoms with Crippen LogP contribution in [-0.4, -0.2) is 24.7 Å². The molecular weight excluding hydrogens is 304 g/mol. The summed E-state index contributed by atoms with van der Waals surface area (Å²) >= 11 is 0. The van der Waals surface area contributed by atoms with Gasteiger partial charge in [0, 0.05) is 24.0 Å².